The van der Waals surface area contributed by atoms with Crippen LogP contribution in [0.1, 0.15) is 33.6 Å². The largest absolute Gasteiger partial charge is 0.353 e. The summed E-state index contributed by atoms with van der Waals surface area (Å²) in [6.45, 7) is 7.76. The molecule has 1 aromatic rings. The van der Waals surface area contributed by atoms with Gasteiger partial charge >= 0.3 is 0 Å². The summed E-state index contributed by atoms with van der Waals surface area (Å²) in [6.07, 6.45) is 1.45. The van der Waals surface area contributed by atoms with Crippen molar-refractivity contribution in [3.8, 4) is 0 Å². The van der Waals surface area contributed by atoms with Gasteiger partial charge in [0.15, 0.2) is 0 Å². The fourth-order valence-electron chi connectivity index (χ4n) is 2.97. The summed E-state index contributed by atoms with van der Waals surface area (Å²) in [6, 6.07) is 4.36. The third-order valence-corrected chi connectivity index (χ3v) is 5.79. The van der Waals surface area contributed by atoms with Crippen molar-refractivity contribution in [2.75, 3.05) is 25.0 Å². The summed E-state index contributed by atoms with van der Waals surface area (Å²) in [4.78, 5) is 36.9. The first-order chi connectivity index (χ1) is 13.2. The average molecular weight is 455 g/mol. The average Bonchev–Trinajstić information content (AvgIpc) is 2.63. The second-order valence-electron chi connectivity index (χ2n) is 7.56. The normalized spacial score (nSPS) is 16.6. The smallest absolute Gasteiger partial charge is 0.270 e. The van der Waals surface area contributed by atoms with Crippen molar-refractivity contribution in [3.63, 3.8) is 0 Å². The van der Waals surface area contributed by atoms with Gasteiger partial charge in [-0.3, -0.25) is 24.6 Å². The number of amides is 2. The van der Waals surface area contributed by atoms with E-state index in [0.29, 0.717) is 29.2 Å². The highest BCUT2D eigenvalue weighted by Crippen LogP contribution is 2.27. The van der Waals surface area contributed by atoms with Gasteiger partial charge in [-0.25, -0.2) is 0 Å². The number of nitro benzene ring substituents is 1. The number of benzene rings is 1. The molecule has 8 nitrogen and oxygen atoms in total. The van der Waals surface area contributed by atoms with E-state index in [4.69, 9.17) is 0 Å². The molecule has 1 unspecified atom stereocenters. The summed E-state index contributed by atoms with van der Waals surface area (Å²) >= 11 is 3.25. The number of hydrogen-bond donors (Lipinski definition) is 2. The number of carbonyl (C=O) groups excluding carboxylic acids is 2. The quantitative estimate of drug-likeness (QED) is 0.486. The summed E-state index contributed by atoms with van der Waals surface area (Å²) in [5, 5.41) is 16.6. The molecule has 28 heavy (non-hydrogen) atoms. The molecule has 2 N–H and O–H groups in total. The van der Waals surface area contributed by atoms with E-state index in [9.17, 15) is 19.7 Å². The fourth-order valence-corrected chi connectivity index (χ4v) is 3.44. The third-order valence-electron chi connectivity index (χ3n) is 5.13. The van der Waals surface area contributed by atoms with E-state index >= 15 is 0 Å². The molecule has 9 heteroatoms. The Bertz CT molecular complexity index is 733. The Labute approximate surface area is 173 Å². The maximum Gasteiger partial charge on any atom is 0.270 e. The Morgan fingerprint density at radius 3 is 2.46 bits per heavy atom. The van der Waals surface area contributed by atoms with Crippen molar-refractivity contribution < 1.29 is 14.5 Å². The Morgan fingerprint density at radius 1 is 1.29 bits per heavy atom. The summed E-state index contributed by atoms with van der Waals surface area (Å²) in [5.74, 6) is 0.293. The predicted octanol–water partition coefficient (Wildman–Crippen LogP) is 3.17. The van der Waals surface area contributed by atoms with Gasteiger partial charge < -0.3 is 10.6 Å². The maximum atomic E-state index is 12.3. The van der Waals surface area contributed by atoms with Gasteiger partial charge in [0.25, 0.3) is 5.69 Å². The van der Waals surface area contributed by atoms with E-state index in [-0.39, 0.29) is 36.0 Å². The van der Waals surface area contributed by atoms with Crippen molar-refractivity contribution in [2.45, 2.75) is 39.7 Å². The fraction of sp³-hybridized carbons (Fsp3) is 0.579. The van der Waals surface area contributed by atoms with Crippen LogP contribution in [0.4, 0.5) is 11.4 Å². The first-order valence-electron chi connectivity index (χ1n) is 9.44. The number of piperidine rings is 1. The zero-order chi connectivity index (χ0) is 20.8. The molecular weight excluding hydrogens is 428 g/mol. The van der Waals surface area contributed by atoms with E-state index in [2.05, 4.69) is 40.4 Å². The molecule has 1 aliphatic rings. The minimum Gasteiger partial charge on any atom is -0.353 e. The van der Waals surface area contributed by atoms with Crippen LogP contribution in [-0.2, 0) is 9.59 Å². The SMILES string of the molecule is CC(C)C(C)NC(=O)C1CCN(CC(=O)Nc2ccc([N+](=O)[O-])cc2Br)CC1. The van der Waals surface area contributed by atoms with Gasteiger partial charge in [0.05, 0.1) is 17.2 Å². The molecule has 1 heterocycles. The molecule has 2 amide bonds. The van der Waals surface area contributed by atoms with Crippen molar-refractivity contribution >= 4 is 39.1 Å². The monoisotopic (exact) mass is 454 g/mol. The number of anilines is 1. The van der Waals surface area contributed by atoms with E-state index in [1.54, 1.807) is 0 Å². The van der Waals surface area contributed by atoms with Crippen LogP contribution >= 0.6 is 15.9 Å². The highest BCUT2D eigenvalue weighted by molar-refractivity contribution is 9.10. The Kier molecular flexibility index (Phi) is 7.94. The molecule has 2 rings (SSSR count). The lowest BCUT2D eigenvalue weighted by molar-refractivity contribution is -0.384. The van der Waals surface area contributed by atoms with Crippen LogP contribution in [0.2, 0.25) is 0 Å². The van der Waals surface area contributed by atoms with Gasteiger partial charge in [-0.2, -0.15) is 0 Å². The number of rotatable bonds is 7. The van der Waals surface area contributed by atoms with Crippen molar-refractivity contribution in [1.82, 2.24) is 10.2 Å². The number of nitro groups is 1. The second kappa shape index (κ2) is 9.97. The van der Waals surface area contributed by atoms with Gasteiger partial charge in [-0.15, -0.1) is 0 Å². The molecule has 1 aromatic carbocycles. The molecule has 0 spiro atoms. The van der Waals surface area contributed by atoms with E-state index in [1.807, 2.05) is 11.8 Å². The van der Waals surface area contributed by atoms with Crippen LogP contribution in [0, 0.1) is 22.0 Å². The number of likely N-dealkylation sites (tertiary alicyclic amines) is 1. The van der Waals surface area contributed by atoms with Gasteiger partial charge in [0.2, 0.25) is 11.8 Å². The van der Waals surface area contributed by atoms with Crippen molar-refractivity contribution in [3.05, 3.63) is 32.8 Å². The first kappa shape index (κ1) is 22.3. The number of nitrogens with one attached hydrogen (secondary N) is 2. The van der Waals surface area contributed by atoms with Crippen molar-refractivity contribution in [2.24, 2.45) is 11.8 Å². The van der Waals surface area contributed by atoms with Crippen LogP contribution in [0.15, 0.2) is 22.7 Å². The summed E-state index contributed by atoms with van der Waals surface area (Å²) < 4.78 is 0.463. The lowest BCUT2D eigenvalue weighted by atomic mass is 9.95. The van der Waals surface area contributed by atoms with Crippen LogP contribution in [0.5, 0.6) is 0 Å². The Morgan fingerprint density at radius 2 is 1.93 bits per heavy atom. The van der Waals surface area contributed by atoms with Crippen LogP contribution in [0.25, 0.3) is 0 Å². The zero-order valence-electron chi connectivity index (χ0n) is 16.4. The Balaban J connectivity index is 1.80. The molecular formula is C19H27BrN4O4. The van der Waals surface area contributed by atoms with Gasteiger partial charge in [-0.1, -0.05) is 13.8 Å². The molecule has 1 fully saturated rings. The predicted molar refractivity (Wildman–Crippen MR) is 111 cm³/mol. The van der Waals surface area contributed by atoms with Crippen LogP contribution < -0.4 is 10.6 Å². The highest BCUT2D eigenvalue weighted by atomic mass is 79.9. The lowest BCUT2D eigenvalue weighted by Gasteiger charge is -2.31. The number of nitrogens with zero attached hydrogens (tertiary/aromatic N) is 2. The number of halogens is 1. The molecule has 1 atom stereocenters. The summed E-state index contributed by atoms with van der Waals surface area (Å²) in [7, 11) is 0. The Hall–Kier alpha value is -2.00. The minimum absolute atomic E-state index is 0.00988. The van der Waals surface area contributed by atoms with E-state index < -0.39 is 4.92 Å². The van der Waals surface area contributed by atoms with Gasteiger partial charge in [0, 0.05) is 28.6 Å². The topological polar surface area (TPSA) is 105 Å². The number of hydrogen-bond acceptors (Lipinski definition) is 5. The molecule has 1 aliphatic heterocycles. The second-order valence-corrected chi connectivity index (χ2v) is 8.42. The molecule has 0 aromatic heterocycles. The molecule has 0 bridgehead atoms. The molecule has 0 aliphatic carbocycles. The lowest BCUT2D eigenvalue weighted by Crippen LogP contribution is -2.45. The molecule has 1 saturated heterocycles. The number of carbonyl (C=O) groups is 2. The molecule has 0 saturated carbocycles. The number of non-ortho nitro benzene ring substituents is 1. The molecule has 0 radical (unpaired) electrons. The van der Waals surface area contributed by atoms with Crippen molar-refractivity contribution in [1.29, 1.82) is 0 Å². The minimum atomic E-state index is -0.488. The zero-order valence-corrected chi connectivity index (χ0v) is 18.0. The van der Waals surface area contributed by atoms with E-state index in [1.165, 1.54) is 18.2 Å². The van der Waals surface area contributed by atoms with Gasteiger partial charge in [-0.05, 0) is 60.8 Å². The van der Waals surface area contributed by atoms with Gasteiger partial charge in [0.1, 0.15) is 0 Å². The highest BCUT2D eigenvalue weighted by Gasteiger charge is 2.27. The standard InChI is InChI=1S/C19H27BrN4O4/c1-12(2)13(3)21-19(26)14-6-8-23(9-7-14)11-18(25)22-17-5-4-15(24(27)28)10-16(17)20/h4-5,10,12-14H,6-9,11H2,1-3H3,(H,21,26)(H,22,25). The maximum absolute atomic E-state index is 12.3. The first-order valence-corrected chi connectivity index (χ1v) is 10.2. The molecule has 154 valence electrons. The van der Waals surface area contributed by atoms with Crippen LogP contribution in [0.3, 0.4) is 0 Å². The van der Waals surface area contributed by atoms with E-state index in [0.717, 1.165) is 12.8 Å². The third kappa shape index (κ3) is 6.27. The van der Waals surface area contributed by atoms with Crippen LogP contribution in [-0.4, -0.2) is 47.3 Å². The summed E-state index contributed by atoms with van der Waals surface area (Å²) in [5.41, 5.74) is 0.449.